The molecule has 9 atom stereocenters. The summed E-state index contributed by atoms with van der Waals surface area (Å²) in [5.41, 5.74) is 0.924. The average molecular weight is 344 g/mol. The lowest BCUT2D eigenvalue weighted by Crippen LogP contribution is -2.62. The number of aldehydes is 1. The third-order valence-corrected chi connectivity index (χ3v) is 10.1. The summed E-state index contributed by atoms with van der Waals surface area (Å²) < 4.78 is 5.64. The highest BCUT2D eigenvalue weighted by molar-refractivity contribution is 5.68. The van der Waals surface area contributed by atoms with Crippen LogP contribution in [0.4, 0.5) is 0 Å². The van der Waals surface area contributed by atoms with Crippen LogP contribution in [0.15, 0.2) is 0 Å². The monoisotopic (exact) mass is 344 g/mol. The fourth-order valence-corrected chi connectivity index (χ4v) is 9.10. The van der Waals surface area contributed by atoms with E-state index in [9.17, 15) is 9.59 Å². The summed E-state index contributed by atoms with van der Waals surface area (Å²) >= 11 is 0. The number of hydrogen-bond acceptors (Lipinski definition) is 3. The smallest absolute Gasteiger partial charge is 0.302 e. The average Bonchev–Trinajstić information content (AvgIpc) is 3.00. The van der Waals surface area contributed by atoms with Gasteiger partial charge in [-0.05, 0) is 91.8 Å². The Labute approximate surface area is 151 Å². The molecule has 4 bridgehead atoms. The Hall–Kier alpha value is -0.860. The minimum atomic E-state index is -0.520. The van der Waals surface area contributed by atoms with E-state index < -0.39 is 5.41 Å². The number of esters is 1. The molecule has 6 fully saturated rings. The first kappa shape index (κ1) is 16.3. The lowest BCUT2D eigenvalue weighted by atomic mass is 9.39. The van der Waals surface area contributed by atoms with Crippen LogP contribution in [0, 0.1) is 45.3 Å². The van der Waals surface area contributed by atoms with Crippen molar-refractivity contribution in [2.45, 2.75) is 78.7 Å². The molecule has 0 amide bonds. The predicted molar refractivity (Wildman–Crippen MR) is 94.7 cm³/mol. The molecule has 25 heavy (non-hydrogen) atoms. The van der Waals surface area contributed by atoms with Crippen LogP contribution in [-0.2, 0) is 14.3 Å². The van der Waals surface area contributed by atoms with Crippen LogP contribution in [0.2, 0.25) is 0 Å². The van der Waals surface area contributed by atoms with Gasteiger partial charge in [0.05, 0.1) is 5.41 Å². The Balaban J connectivity index is 1.51. The van der Waals surface area contributed by atoms with Gasteiger partial charge in [-0.25, -0.2) is 0 Å². The van der Waals surface area contributed by atoms with Crippen LogP contribution >= 0.6 is 0 Å². The third kappa shape index (κ3) is 1.74. The molecule has 9 unspecified atom stereocenters. The van der Waals surface area contributed by atoms with Crippen molar-refractivity contribution in [3.05, 3.63) is 0 Å². The summed E-state index contributed by atoms with van der Waals surface area (Å²) in [6.45, 7) is 8.56. The topological polar surface area (TPSA) is 43.4 Å². The Morgan fingerprint density at radius 1 is 1.04 bits per heavy atom. The van der Waals surface area contributed by atoms with Gasteiger partial charge in [-0.3, -0.25) is 4.79 Å². The van der Waals surface area contributed by atoms with E-state index in [4.69, 9.17) is 4.74 Å². The first-order chi connectivity index (χ1) is 11.7. The van der Waals surface area contributed by atoms with Crippen molar-refractivity contribution in [1.29, 1.82) is 0 Å². The maximum Gasteiger partial charge on any atom is 0.302 e. The van der Waals surface area contributed by atoms with Gasteiger partial charge in [0.2, 0.25) is 0 Å². The predicted octanol–water partition coefficient (Wildman–Crippen LogP) is 4.39. The van der Waals surface area contributed by atoms with Crippen molar-refractivity contribution in [2.24, 2.45) is 45.3 Å². The van der Waals surface area contributed by atoms with Gasteiger partial charge in [0.1, 0.15) is 12.4 Å². The van der Waals surface area contributed by atoms with E-state index >= 15 is 0 Å². The van der Waals surface area contributed by atoms with Crippen LogP contribution in [-0.4, -0.2) is 18.4 Å². The highest BCUT2D eigenvalue weighted by Crippen LogP contribution is 2.85. The van der Waals surface area contributed by atoms with E-state index in [0.29, 0.717) is 16.7 Å². The van der Waals surface area contributed by atoms with Gasteiger partial charge >= 0.3 is 5.97 Å². The Bertz CT molecular complexity index is 658. The summed E-state index contributed by atoms with van der Waals surface area (Å²) in [4.78, 5) is 23.8. The van der Waals surface area contributed by atoms with Crippen LogP contribution in [0.1, 0.15) is 72.6 Å². The van der Waals surface area contributed by atoms with Crippen LogP contribution < -0.4 is 0 Å². The second kappa shape index (κ2) is 4.51. The third-order valence-electron chi connectivity index (χ3n) is 10.1. The molecule has 0 aromatic heterocycles. The van der Waals surface area contributed by atoms with E-state index in [1.165, 1.54) is 32.6 Å². The molecule has 6 aliphatic rings. The van der Waals surface area contributed by atoms with E-state index in [1.54, 1.807) is 0 Å². The SMILES string of the molecule is CC(=O)OC1CCC2(C)C3CC4C5CC3(CCC2C1(C)C=O)CC45C. The van der Waals surface area contributed by atoms with Gasteiger partial charge in [0.15, 0.2) is 0 Å². The van der Waals surface area contributed by atoms with E-state index in [2.05, 4.69) is 20.8 Å². The zero-order chi connectivity index (χ0) is 17.8. The van der Waals surface area contributed by atoms with Crippen LogP contribution in [0.25, 0.3) is 0 Å². The minimum absolute atomic E-state index is 0.236. The lowest BCUT2D eigenvalue weighted by molar-refractivity contribution is -0.203. The number of hydrogen-bond donors (Lipinski definition) is 0. The van der Waals surface area contributed by atoms with Crippen molar-refractivity contribution in [3.63, 3.8) is 0 Å². The molecule has 0 N–H and O–H groups in total. The van der Waals surface area contributed by atoms with Gasteiger partial charge in [-0.2, -0.15) is 0 Å². The molecule has 3 heteroatoms. The van der Waals surface area contributed by atoms with Crippen LogP contribution in [0.5, 0.6) is 0 Å². The van der Waals surface area contributed by atoms with Crippen molar-refractivity contribution < 1.29 is 14.3 Å². The molecule has 6 aliphatic carbocycles. The van der Waals surface area contributed by atoms with Gasteiger partial charge in [-0.15, -0.1) is 0 Å². The summed E-state index contributed by atoms with van der Waals surface area (Å²) in [6.07, 6.45) is 9.55. The maximum atomic E-state index is 12.3. The highest BCUT2D eigenvalue weighted by atomic mass is 16.5. The molecule has 6 saturated carbocycles. The molecule has 0 aliphatic heterocycles. The molecule has 0 aromatic carbocycles. The molecular formula is C22H32O3. The van der Waals surface area contributed by atoms with E-state index in [-0.39, 0.29) is 17.5 Å². The van der Waals surface area contributed by atoms with Crippen LogP contribution in [0.3, 0.4) is 0 Å². The van der Waals surface area contributed by atoms with E-state index in [1.807, 2.05) is 0 Å². The highest BCUT2D eigenvalue weighted by Gasteiger charge is 2.78. The summed E-state index contributed by atoms with van der Waals surface area (Å²) in [5, 5.41) is 0. The molecule has 138 valence electrons. The number of rotatable bonds is 2. The summed E-state index contributed by atoms with van der Waals surface area (Å²) in [6, 6.07) is 0. The quantitative estimate of drug-likeness (QED) is 0.551. The van der Waals surface area contributed by atoms with Crippen molar-refractivity contribution in [3.8, 4) is 0 Å². The molecule has 0 saturated heterocycles. The molecular weight excluding hydrogens is 312 g/mol. The second-order valence-corrected chi connectivity index (χ2v) is 11.0. The van der Waals surface area contributed by atoms with Gasteiger partial charge in [0.25, 0.3) is 0 Å². The van der Waals surface area contributed by atoms with Gasteiger partial charge in [-0.1, -0.05) is 13.8 Å². The zero-order valence-electron chi connectivity index (χ0n) is 16.1. The summed E-state index contributed by atoms with van der Waals surface area (Å²) in [7, 11) is 0. The van der Waals surface area contributed by atoms with Crippen molar-refractivity contribution in [1.82, 2.24) is 0 Å². The largest absolute Gasteiger partial charge is 0.462 e. The number of fused-ring (bicyclic) bond motifs is 1. The molecule has 1 spiro atoms. The fraction of sp³-hybridized carbons (Fsp3) is 0.909. The lowest BCUT2D eigenvalue weighted by Gasteiger charge is -2.65. The molecule has 3 nitrogen and oxygen atoms in total. The van der Waals surface area contributed by atoms with Crippen molar-refractivity contribution >= 4 is 12.3 Å². The Morgan fingerprint density at radius 2 is 1.80 bits per heavy atom. The molecule has 0 radical (unpaired) electrons. The fourth-order valence-electron chi connectivity index (χ4n) is 9.10. The Kier molecular flexibility index (Phi) is 2.95. The number of ether oxygens (including phenoxy) is 1. The van der Waals surface area contributed by atoms with Gasteiger partial charge in [0, 0.05) is 6.92 Å². The normalized spacial score (nSPS) is 61.0. The minimum Gasteiger partial charge on any atom is -0.462 e. The second-order valence-electron chi connectivity index (χ2n) is 11.0. The first-order valence-corrected chi connectivity index (χ1v) is 10.3. The van der Waals surface area contributed by atoms with Gasteiger partial charge < -0.3 is 9.53 Å². The Morgan fingerprint density at radius 3 is 2.40 bits per heavy atom. The number of carbonyl (C=O) groups is 2. The number of carbonyl (C=O) groups excluding carboxylic acids is 2. The van der Waals surface area contributed by atoms with E-state index in [0.717, 1.165) is 43.3 Å². The summed E-state index contributed by atoms with van der Waals surface area (Å²) in [5.74, 6) is 2.83. The van der Waals surface area contributed by atoms with Crippen molar-refractivity contribution in [2.75, 3.05) is 0 Å². The standard InChI is InChI=1S/C22H32O3/c1-13(24)25-18-6-7-19(2)16(21(18,4)12-23)5-8-22-10-15-14(9-17(19)22)20(15,3)11-22/h12,14-18H,5-11H2,1-4H3. The maximum absolute atomic E-state index is 12.3. The zero-order valence-corrected chi connectivity index (χ0v) is 16.1. The molecule has 0 heterocycles. The first-order valence-electron chi connectivity index (χ1n) is 10.3. The molecule has 0 aromatic rings. The molecule has 6 rings (SSSR count).